The maximum Gasteiger partial charge on any atom is 0.226 e. The Kier molecular flexibility index (Phi) is 7.22. The van der Waals surface area contributed by atoms with Crippen LogP contribution >= 0.6 is 0 Å². The van der Waals surface area contributed by atoms with Crippen molar-refractivity contribution in [3.8, 4) is 0 Å². The molecule has 0 radical (unpaired) electrons. The van der Waals surface area contributed by atoms with E-state index in [4.69, 9.17) is 0 Å². The van der Waals surface area contributed by atoms with Crippen molar-refractivity contribution in [2.45, 2.75) is 57.7 Å². The zero-order valence-corrected chi connectivity index (χ0v) is 18.9. The van der Waals surface area contributed by atoms with Gasteiger partial charge in [-0.05, 0) is 61.3 Å². The monoisotopic (exact) mass is 450 g/mol. The predicted octanol–water partition coefficient (Wildman–Crippen LogP) is 4.30. The molecule has 31 heavy (non-hydrogen) atoms. The molecule has 170 valence electrons. The maximum atomic E-state index is 14.6. The summed E-state index contributed by atoms with van der Waals surface area (Å²) < 4.78 is 44.1. The van der Waals surface area contributed by atoms with Gasteiger partial charge in [0.15, 0.2) is 0 Å². The molecule has 0 spiro atoms. The Morgan fingerprint density at radius 2 is 2.03 bits per heavy atom. The lowest BCUT2D eigenvalue weighted by Gasteiger charge is -2.28. The smallest absolute Gasteiger partial charge is 0.226 e. The van der Waals surface area contributed by atoms with E-state index >= 15 is 0 Å². The van der Waals surface area contributed by atoms with Crippen LogP contribution in [0.15, 0.2) is 47.4 Å². The van der Waals surface area contributed by atoms with E-state index in [9.17, 15) is 17.8 Å². The van der Waals surface area contributed by atoms with E-state index < -0.39 is 28.9 Å². The molecule has 6 unspecified atom stereocenters. The molecular formula is C24H32F2N2O2S. The third-order valence-corrected chi connectivity index (χ3v) is 7.90. The summed E-state index contributed by atoms with van der Waals surface area (Å²) in [7, 11) is -1.07. The molecule has 3 aliphatic carbocycles. The number of allylic oxidation sites excluding steroid dienone is 8. The fraction of sp³-hybridized carbons (Fsp3) is 0.625. The van der Waals surface area contributed by atoms with E-state index in [0.29, 0.717) is 12.3 Å². The molecule has 1 heterocycles. The highest BCUT2D eigenvalue weighted by molar-refractivity contribution is 7.82. The van der Waals surface area contributed by atoms with Crippen molar-refractivity contribution in [3.05, 3.63) is 47.4 Å². The first kappa shape index (κ1) is 22.6. The minimum atomic E-state index is -1.37. The molecule has 4 nitrogen and oxygen atoms in total. The van der Waals surface area contributed by atoms with Gasteiger partial charge >= 0.3 is 0 Å². The van der Waals surface area contributed by atoms with Crippen LogP contribution in [0.3, 0.4) is 0 Å². The highest BCUT2D eigenvalue weighted by Gasteiger charge is 2.49. The number of likely N-dealkylation sites (tertiary alicyclic amines) is 1. The number of hydrogen-bond acceptors (Lipinski definition) is 2. The number of nitrogens with one attached hydrogen (secondary N) is 1. The Labute approximate surface area is 186 Å². The summed E-state index contributed by atoms with van der Waals surface area (Å²) in [5.41, 5.74) is 1.69. The number of carbonyl (C=O) groups excluding carboxylic acids is 1. The van der Waals surface area contributed by atoms with Crippen molar-refractivity contribution < 1.29 is 17.8 Å². The molecule has 1 saturated carbocycles. The molecule has 0 aromatic rings. The summed E-state index contributed by atoms with van der Waals surface area (Å²) in [5, 5.41) is 0. The van der Waals surface area contributed by atoms with E-state index in [2.05, 4.69) is 10.8 Å². The Morgan fingerprint density at radius 3 is 2.77 bits per heavy atom. The van der Waals surface area contributed by atoms with Crippen molar-refractivity contribution in [1.82, 2.24) is 9.62 Å². The number of amides is 1. The highest BCUT2D eigenvalue weighted by Crippen LogP contribution is 2.52. The van der Waals surface area contributed by atoms with Gasteiger partial charge < -0.3 is 4.90 Å². The normalized spacial score (nSPS) is 34.4. The van der Waals surface area contributed by atoms with Crippen LogP contribution in [0.5, 0.6) is 0 Å². The largest absolute Gasteiger partial charge is 0.341 e. The molecule has 1 aliphatic heterocycles. The highest BCUT2D eigenvalue weighted by atomic mass is 32.2. The second kappa shape index (κ2) is 9.90. The van der Waals surface area contributed by atoms with E-state index in [-0.39, 0.29) is 23.8 Å². The Balaban J connectivity index is 1.43. The zero-order valence-electron chi connectivity index (χ0n) is 18.1. The summed E-state index contributed by atoms with van der Waals surface area (Å²) in [4.78, 5) is 15.2. The zero-order chi connectivity index (χ0) is 22.0. The Bertz CT molecular complexity index is 851. The molecule has 0 aromatic heterocycles. The van der Waals surface area contributed by atoms with Gasteiger partial charge in [-0.25, -0.2) is 17.7 Å². The second-order valence-electron chi connectivity index (χ2n) is 8.93. The molecule has 1 saturated heterocycles. The van der Waals surface area contributed by atoms with E-state index in [1.807, 2.05) is 17.9 Å². The third-order valence-electron chi connectivity index (χ3n) is 6.78. The lowest BCUT2D eigenvalue weighted by molar-refractivity contribution is -0.132. The average molecular weight is 451 g/mol. The number of nitrogens with zero attached hydrogens (tertiary/aromatic N) is 1. The first-order chi connectivity index (χ1) is 15.0. The summed E-state index contributed by atoms with van der Waals surface area (Å²) in [6, 6.07) is 0.0503. The van der Waals surface area contributed by atoms with Crippen LogP contribution in [0.25, 0.3) is 0 Å². The predicted molar refractivity (Wildman–Crippen MR) is 120 cm³/mol. The molecular weight excluding hydrogens is 418 g/mol. The van der Waals surface area contributed by atoms with Crippen molar-refractivity contribution in [2.24, 2.45) is 17.8 Å². The van der Waals surface area contributed by atoms with E-state index in [1.165, 1.54) is 18.2 Å². The maximum absolute atomic E-state index is 14.6. The summed E-state index contributed by atoms with van der Waals surface area (Å²) in [6.07, 6.45) is 12.1. The molecule has 4 aliphatic rings. The Hall–Kier alpha value is -1.60. The van der Waals surface area contributed by atoms with Gasteiger partial charge in [0.1, 0.15) is 12.0 Å². The minimum Gasteiger partial charge on any atom is -0.341 e. The molecule has 1 amide bonds. The van der Waals surface area contributed by atoms with Gasteiger partial charge in [0.05, 0.1) is 16.9 Å². The van der Waals surface area contributed by atoms with E-state index in [0.717, 1.165) is 56.2 Å². The number of hydrogen-bond donors (Lipinski definition) is 1. The van der Waals surface area contributed by atoms with Gasteiger partial charge in [-0.15, -0.1) is 0 Å². The van der Waals surface area contributed by atoms with Gasteiger partial charge in [-0.2, -0.15) is 0 Å². The standard InChI is InChI=1S/C24H32F2N2O2S/c1-2-31(30)27-16-8-5-6-13-28(15-16)24(29)20-14-19(20)17-9-3-4-10-18(17)23-21(25)11-7-12-22(23)26/h7,9-12,16,19-21,23,27H,2-6,8,13-15H2,1H3. The van der Waals surface area contributed by atoms with Crippen LogP contribution < -0.4 is 4.72 Å². The van der Waals surface area contributed by atoms with Crippen molar-refractivity contribution >= 4 is 16.9 Å². The lowest BCUT2D eigenvalue weighted by Crippen LogP contribution is -2.44. The van der Waals surface area contributed by atoms with Crippen LogP contribution in [0.4, 0.5) is 8.78 Å². The third kappa shape index (κ3) is 5.08. The quantitative estimate of drug-likeness (QED) is 0.656. The van der Waals surface area contributed by atoms with Gasteiger partial charge in [0, 0.05) is 30.8 Å². The molecule has 6 atom stereocenters. The van der Waals surface area contributed by atoms with Crippen molar-refractivity contribution in [2.75, 3.05) is 18.8 Å². The van der Waals surface area contributed by atoms with Crippen LogP contribution in [-0.2, 0) is 15.8 Å². The molecule has 7 heteroatoms. The molecule has 2 fully saturated rings. The van der Waals surface area contributed by atoms with Gasteiger partial charge in [-0.1, -0.05) is 31.6 Å². The van der Waals surface area contributed by atoms with Gasteiger partial charge in [0.2, 0.25) is 5.91 Å². The Morgan fingerprint density at radius 1 is 1.26 bits per heavy atom. The number of rotatable bonds is 6. The number of alkyl halides is 1. The second-order valence-corrected chi connectivity index (χ2v) is 10.4. The van der Waals surface area contributed by atoms with Crippen LogP contribution in [0.1, 0.15) is 45.4 Å². The average Bonchev–Trinajstić information content (AvgIpc) is 3.58. The first-order valence-electron chi connectivity index (χ1n) is 11.5. The van der Waals surface area contributed by atoms with Crippen LogP contribution in [-0.4, -0.2) is 46.1 Å². The minimum absolute atomic E-state index is 0.0457. The summed E-state index contributed by atoms with van der Waals surface area (Å²) in [6.45, 7) is 3.17. The van der Waals surface area contributed by atoms with Crippen molar-refractivity contribution in [3.63, 3.8) is 0 Å². The number of carbonyl (C=O) groups is 1. The first-order valence-corrected chi connectivity index (χ1v) is 12.8. The SMILES string of the molecule is CCS(=O)NC1CCCCN(C(=O)C2CC2C2=CCCC=C2C2C(F)=CC=CC2F)C1. The fourth-order valence-electron chi connectivity index (χ4n) is 5.08. The molecule has 1 N–H and O–H groups in total. The van der Waals surface area contributed by atoms with Crippen LogP contribution in [0.2, 0.25) is 0 Å². The lowest BCUT2D eigenvalue weighted by atomic mass is 9.80. The molecule has 4 rings (SSSR count). The number of halogens is 2. The molecule has 0 aromatic carbocycles. The fourth-order valence-corrected chi connectivity index (χ4v) is 5.81. The van der Waals surface area contributed by atoms with Gasteiger partial charge in [0.25, 0.3) is 0 Å². The topological polar surface area (TPSA) is 49.4 Å². The molecule has 0 bridgehead atoms. The van der Waals surface area contributed by atoms with Gasteiger partial charge in [-0.3, -0.25) is 4.79 Å². The summed E-state index contributed by atoms with van der Waals surface area (Å²) in [5.74, 6) is -0.721. The summed E-state index contributed by atoms with van der Waals surface area (Å²) >= 11 is 0. The van der Waals surface area contributed by atoms with Crippen molar-refractivity contribution in [1.29, 1.82) is 0 Å². The van der Waals surface area contributed by atoms with Crippen LogP contribution in [0, 0.1) is 17.8 Å². The van der Waals surface area contributed by atoms with E-state index in [1.54, 1.807) is 0 Å².